The van der Waals surface area contributed by atoms with Gasteiger partial charge >= 0.3 is 11.1 Å². The van der Waals surface area contributed by atoms with E-state index in [2.05, 4.69) is 4.98 Å². The molecule has 0 atom stereocenters. The predicted molar refractivity (Wildman–Crippen MR) is 85.1 cm³/mol. The van der Waals surface area contributed by atoms with Crippen LogP contribution in [-0.2, 0) is 9.59 Å². The first-order valence-electron chi connectivity index (χ1n) is 7.18. The molecule has 0 aliphatic carbocycles. The van der Waals surface area contributed by atoms with E-state index in [-0.39, 0.29) is 12.8 Å². The van der Waals surface area contributed by atoms with Crippen molar-refractivity contribution in [2.75, 3.05) is 12.3 Å². The number of aliphatic carboxylic acids is 2. The topological polar surface area (TPSA) is 127 Å². The second kappa shape index (κ2) is 9.62. The lowest BCUT2D eigenvalue weighted by Crippen LogP contribution is -2.21. The molecule has 0 saturated heterocycles. The Hall–Kier alpha value is -2.35. The monoisotopic (exact) mass is 340 g/mol. The Morgan fingerprint density at radius 3 is 2.65 bits per heavy atom. The number of unbranched alkanes of at least 4 members (excludes halogenated alkanes) is 1. The molecule has 23 heavy (non-hydrogen) atoms. The zero-order chi connectivity index (χ0) is 17.2. The molecule has 0 aliphatic heterocycles. The van der Waals surface area contributed by atoms with Crippen LogP contribution in [0.25, 0.3) is 10.2 Å². The third-order valence-corrected chi connectivity index (χ3v) is 3.64. The number of rotatable bonds is 7. The van der Waals surface area contributed by atoms with Crippen LogP contribution in [0.3, 0.4) is 0 Å². The zero-order valence-corrected chi connectivity index (χ0v) is 13.6. The molecule has 2 aromatic rings. The number of benzene rings is 1. The van der Waals surface area contributed by atoms with E-state index in [0.29, 0.717) is 19.4 Å². The van der Waals surface area contributed by atoms with Crippen LogP contribution in [0.1, 0.15) is 32.6 Å². The minimum Gasteiger partial charge on any atom is -0.550 e. The molecule has 0 unspecified atom stereocenters. The minimum absolute atomic E-state index is 0.0350. The number of nitrogen functional groups attached to an aromatic ring is 1. The number of aromatic amines is 1. The third-order valence-electron chi connectivity index (χ3n) is 2.76. The van der Waals surface area contributed by atoms with Crippen molar-refractivity contribution in [3.8, 4) is 5.75 Å². The van der Waals surface area contributed by atoms with Crippen molar-refractivity contribution in [3.63, 3.8) is 0 Å². The molecule has 2 rings (SSSR count). The van der Waals surface area contributed by atoms with Gasteiger partial charge in [-0.3, -0.25) is 10.5 Å². The van der Waals surface area contributed by atoms with Gasteiger partial charge in [0.15, 0.2) is 0 Å². The van der Waals surface area contributed by atoms with E-state index in [0.717, 1.165) is 21.1 Å². The standard InChI is InChI=1S/C9H10N2OS.C6H10O4/c1-2-12-6-3-4-7-8(5-6)13-9(10)11-7;7-5(8)3-1-2-4-6(9)10/h3-5H,2H2,1H3,(H2,10,11);1-4H2,(H,7,8)(H,9,10). The SMILES string of the molecule is CCOc1ccc2[nH+]c(N)sc2c1.O=C([O-])CCCCC(=O)O. The quantitative estimate of drug-likeness (QED) is 0.726. The van der Waals surface area contributed by atoms with E-state index in [4.69, 9.17) is 15.6 Å². The molecule has 1 aromatic carbocycles. The number of carboxylic acid groups (broad SMARTS) is 2. The summed E-state index contributed by atoms with van der Waals surface area (Å²) in [4.78, 5) is 22.7. The highest BCUT2D eigenvalue weighted by Gasteiger charge is 2.05. The number of nitrogens with one attached hydrogen (secondary N) is 1. The number of aromatic nitrogens is 1. The van der Waals surface area contributed by atoms with E-state index in [9.17, 15) is 14.7 Å². The molecule has 1 aromatic heterocycles. The number of H-pyrrole nitrogens is 1. The smallest absolute Gasteiger partial charge is 0.330 e. The minimum atomic E-state index is -1.12. The molecule has 8 heteroatoms. The summed E-state index contributed by atoms with van der Waals surface area (Å²) in [6, 6.07) is 5.91. The van der Waals surface area contributed by atoms with Crippen molar-refractivity contribution in [2.45, 2.75) is 32.6 Å². The van der Waals surface area contributed by atoms with Gasteiger partial charge in [0.2, 0.25) is 0 Å². The van der Waals surface area contributed by atoms with E-state index in [1.807, 2.05) is 25.1 Å². The normalized spacial score (nSPS) is 9.96. The maximum atomic E-state index is 9.88. The Balaban J connectivity index is 0.000000241. The van der Waals surface area contributed by atoms with Crippen molar-refractivity contribution in [2.24, 2.45) is 0 Å². The Labute approximate surface area is 137 Å². The molecule has 4 N–H and O–H groups in total. The lowest BCUT2D eigenvalue weighted by Gasteiger charge is -2.00. The number of anilines is 1. The molecule has 0 bridgehead atoms. The van der Waals surface area contributed by atoms with Crippen LogP contribution in [0.15, 0.2) is 18.2 Å². The van der Waals surface area contributed by atoms with Gasteiger partial charge in [-0.1, -0.05) is 0 Å². The van der Waals surface area contributed by atoms with Gasteiger partial charge in [0, 0.05) is 18.5 Å². The molecule has 0 fully saturated rings. The van der Waals surface area contributed by atoms with Gasteiger partial charge in [-0.25, -0.2) is 4.98 Å². The van der Waals surface area contributed by atoms with E-state index in [1.165, 1.54) is 11.3 Å². The summed E-state index contributed by atoms with van der Waals surface area (Å²) >= 11 is 1.53. The third kappa shape index (κ3) is 7.46. The number of hydrogen-bond donors (Lipinski definition) is 2. The molecule has 7 nitrogen and oxygen atoms in total. The highest BCUT2D eigenvalue weighted by Crippen LogP contribution is 2.24. The summed E-state index contributed by atoms with van der Waals surface area (Å²) in [5.74, 6) is -1.12. The molecule has 126 valence electrons. The van der Waals surface area contributed by atoms with Gasteiger partial charge in [0.25, 0.3) is 0 Å². The van der Waals surface area contributed by atoms with Gasteiger partial charge < -0.3 is 19.7 Å². The second-order valence-electron chi connectivity index (χ2n) is 4.66. The molecule has 0 spiro atoms. The number of ether oxygens (including phenoxy) is 1. The van der Waals surface area contributed by atoms with Crippen LogP contribution in [0, 0.1) is 0 Å². The van der Waals surface area contributed by atoms with Gasteiger partial charge in [-0.15, -0.1) is 0 Å². The van der Waals surface area contributed by atoms with Crippen LogP contribution in [0.4, 0.5) is 5.13 Å². The number of carboxylic acids is 2. The number of nitrogens with two attached hydrogens (primary N) is 1. The maximum Gasteiger partial charge on any atom is 0.330 e. The predicted octanol–water partition coefficient (Wildman–Crippen LogP) is 1.08. The van der Waals surface area contributed by atoms with Crippen LogP contribution in [-0.4, -0.2) is 23.7 Å². The first-order valence-corrected chi connectivity index (χ1v) is 7.99. The summed E-state index contributed by atoms with van der Waals surface area (Å²) in [5.41, 5.74) is 6.70. The Morgan fingerprint density at radius 2 is 2.04 bits per heavy atom. The average molecular weight is 340 g/mol. The van der Waals surface area contributed by atoms with Crippen LogP contribution in [0.5, 0.6) is 5.75 Å². The number of carbonyl (C=O) groups is 2. The molecule has 1 heterocycles. The fourth-order valence-corrected chi connectivity index (χ4v) is 2.57. The van der Waals surface area contributed by atoms with Crippen molar-refractivity contribution >= 4 is 38.6 Å². The van der Waals surface area contributed by atoms with E-state index >= 15 is 0 Å². The van der Waals surface area contributed by atoms with Gasteiger partial charge in [-0.2, -0.15) is 0 Å². The molecule has 0 amide bonds. The van der Waals surface area contributed by atoms with Crippen LogP contribution in [0.2, 0.25) is 0 Å². The number of fused-ring (bicyclic) bond motifs is 1. The molecule has 0 radical (unpaired) electrons. The fourth-order valence-electron chi connectivity index (χ4n) is 1.77. The summed E-state index contributed by atoms with van der Waals surface area (Å²) in [7, 11) is 0. The maximum absolute atomic E-state index is 9.88. The highest BCUT2D eigenvalue weighted by atomic mass is 32.1. The Bertz CT molecular complexity index is 640. The van der Waals surface area contributed by atoms with E-state index in [1.54, 1.807) is 0 Å². The van der Waals surface area contributed by atoms with Crippen molar-refractivity contribution in [1.29, 1.82) is 0 Å². The van der Waals surface area contributed by atoms with Crippen LogP contribution >= 0.6 is 11.3 Å². The molecule has 0 saturated carbocycles. The van der Waals surface area contributed by atoms with Crippen molar-refractivity contribution < 1.29 is 29.5 Å². The average Bonchev–Trinajstić information content (AvgIpc) is 2.84. The first kappa shape index (κ1) is 18.7. The first-order chi connectivity index (χ1) is 10.9. The number of thiazole rings is 1. The lowest BCUT2D eigenvalue weighted by molar-refractivity contribution is -0.320. The van der Waals surface area contributed by atoms with Crippen molar-refractivity contribution in [1.82, 2.24) is 0 Å². The van der Waals surface area contributed by atoms with Gasteiger partial charge in [0.05, 0.1) is 11.3 Å². The Morgan fingerprint density at radius 1 is 1.35 bits per heavy atom. The number of carbonyl (C=O) groups excluding carboxylic acids is 1. The largest absolute Gasteiger partial charge is 0.550 e. The highest BCUT2D eigenvalue weighted by molar-refractivity contribution is 7.21. The summed E-state index contributed by atoms with van der Waals surface area (Å²) in [6.45, 7) is 2.66. The zero-order valence-electron chi connectivity index (χ0n) is 12.8. The van der Waals surface area contributed by atoms with E-state index < -0.39 is 11.9 Å². The van der Waals surface area contributed by atoms with Crippen molar-refractivity contribution in [3.05, 3.63) is 18.2 Å². The molecular formula is C15H20N2O5S. The van der Waals surface area contributed by atoms with Gasteiger partial charge in [0.1, 0.15) is 11.3 Å². The molecule has 0 aliphatic rings. The summed E-state index contributed by atoms with van der Waals surface area (Å²) in [5, 5.41) is 18.6. The van der Waals surface area contributed by atoms with Crippen LogP contribution < -0.4 is 20.6 Å². The summed E-state index contributed by atoms with van der Waals surface area (Å²) in [6.07, 6.45) is 0.776. The number of hydrogen-bond acceptors (Lipinski definition) is 6. The van der Waals surface area contributed by atoms with Gasteiger partial charge in [-0.05, 0) is 49.7 Å². The Kier molecular flexibility index (Phi) is 7.82. The second-order valence-corrected chi connectivity index (χ2v) is 5.74. The molecular weight excluding hydrogens is 320 g/mol. The summed E-state index contributed by atoms with van der Waals surface area (Å²) < 4.78 is 6.50. The lowest BCUT2D eigenvalue weighted by atomic mass is 10.2. The fraction of sp³-hybridized carbons (Fsp3) is 0.400.